The topological polar surface area (TPSA) is 59.4 Å². The van der Waals surface area contributed by atoms with Crippen LogP contribution in [-0.2, 0) is 5.54 Å². The van der Waals surface area contributed by atoms with Gasteiger partial charge in [-0.15, -0.1) is 0 Å². The quantitative estimate of drug-likeness (QED) is 0.462. The molecule has 0 amide bonds. The van der Waals surface area contributed by atoms with Crippen LogP contribution in [0.1, 0.15) is 56.2 Å². The van der Waals surface area contributed by atoms with Gasteiger partial charge in [-0.25, -0.2) is 0 Å². The summed E-state index contributed by atoms with van der Waals surface area (Å²) < 4.78 is 6.68. The third-order valence-corrected chi connectivity index (χ3v) is 7.88. The van der Waals surface area contributed by atoms with Crippen molar-refractivity contribution in [2.45, 2.75) is 39.5 Å². The van der Waals surface area contributed by atoms with E-state index in [1.807, 2.05) is 23.1 Å². The van der Waals surface area contributed by atoms with Gasteiger partial charge in [-0.3, -0.25) is 4.90 Å². The van der Waals surface area contributed by atoms with Crippen LogP contribution in [0.15, 0.2) is 60.7 Å². The molecule has 2 N–H and O–H groups in total. The molecule has 2 aliphatic rings. The van der Waals surface area contributed by atoms with E-state index < -0.39 is 11.8 Å². The second-order valence-corrected chi connectivity index (χ2v) is 9.40. The predicted octanol–water partition coefficient (Wildman–Crippen LogP) is 5.08. The van der Waals surface area contributed by atoms with Crippen LogP contribution in [0.3, 0.4) is 0 Å². The Kier molecular flexibility index (Phi) is 6.68. The number of fused-ring (bicyclic) bond motifs is 6. The number of hydrogen-bond acceptors (Lipinski definition) is 6. The van der Waals surface area contributed by atoms with Crippen LogP contribution in [0, 0.1) is 0 Å². The maximum absolute atomic E-state index is 11.5. The van der Waals surface area contributed by atoms with E-state index in [0.29, 0.717) is 6.54 Å². The van der Waals surface area contributed by atoms with Gasteiger partial charge in [0.05, 0.1) is 6.61 Å². The van der Waals surface area contributed by atoms with Crippen LogP contribution in [0.2, 0.25) is 0 Å². The molecule has 0 fully saturated rings. The normalized spacial score (nSPS) is 17.3. The molecule has 0 saturated heterocycles. The molecule has 0 saturated carbocycles. The molecule has 0 aliphatic carbocycles. The van der Waals surface area contributed by atoms with E-state index in [1.165, 1.54) is 0 Å². The highest BCUT2D eigenvalue weighted by Gasteiger charge is 2.56. The lowest BCUT2D eigenvalue weighted by Crippen LogP contribution is -2.47. The molecule has 0 bridgehead atoms. The van der Waals surface area contributed by atoms with Crippen LogP contribution in [-0.4, -0.2) is 54.4 Å². The fraction of sp³-hybridized carbons (Fsp3) is 0.400. The van der Waals surface area contributed by atoms with Gasteiger partial charge < -0.3 is 24.7 Å². The number of rotatable bonds is 8. The lowest BCUT2D eigenvalue weighted by molar-refractivity contribution is -0.0349. The molecule has 6 nitrogen and oxygen atoms in total. The number of ether oxygens (including phenoxy) is 1. The van der Waals surface area contributed by atoms with Gasteiger partial charge >= 0.3 is 0 Å². The highest BCUT2D eigenvalue weighted by molar-refractivity contribution is 5.71. The first-order valence-corrected chi connectivity index (χ1v) is 13.2. The number of β-amino-alcohol motifs (C(OH)–C–C–N with tert-alkyl or cyclic N) is 1. The highest BCUT2D eigenvalue weighted by Crippen LogP contribution is 2.60. The molecule has 6 heteroatoms. The standard InChI is InChI=1S/C30H37N3O3/c1-5-31(6-2)21-13-15-25-27(19-21)36-28-20-22(32(7-3)8-4)14-16-26(28)30(25)24-12-10-9-11-23(24)29(35)33(30)17-18-34/h9-16,19-20,29,34-35H,5-8,17-18H2,1-4H3. The second kappa shape index (κ2) is 9.77. The zero-order valence-electron chi connectivity index (χ0n) is 21.7. The van der Waals surface area contributed by atoms with E-state index in [0.717, 1.165) is 71.3 Å². The first-order chi connectivity index (χ1) is 17.5. The molecule has 1 atom stereocenters. The minimum Gasteiger partial charge on any atom is -0.456 e. The fourth-order valence-corrected chi connectivity index (χ4v) is 6.18. The monoisotopic (exact) mass is 487 g/mol. The summed E-state index contributed by atoms with van der Waals surface area (Å²) >= 11 is 0. The lowest BCUT2D eigenvalue weighted by atomic mass is 9.74. The molecule has 1 spiro atoms. The van der Waals surface area contributed by atoms with Crippen molar-refractivity contribution < 1.29 is 14.9 Å². The Morgan fingerprint density at radius 3 is 1.81 bits per heavy atom. The second-order valence-electron chi connectivity index (χ2n) is 9.40. The first-order valence-electron chi connectivity index (χ1n) is 13.2. The van der Waals surface area contributed by atoms with E-state index in [-0.39, 0.29) is 6.61 Å². The number of aliphatic hydroxyl groups excluding tert-OH is 2. The summed E-state index contributed by atoms with van der Waals surface area (Å²) in [7, 11) is 0. The van der Waals surface area contributed by atoms with Crippen molar-refractivity contribution in [1.82, 2.24) is 4.90 Å². The third-order valence-electron chi connectivity index (χ3n) is 7.88. The number of hydrogen-bond donors (Lipinski definition) is 2. The van der Waals surface area contributed by atoms with Crippen molar-refractivity contribution in [2.75, 3.05) is 49.1 Å². The van der Waals surface area contributed by atoms with Crippen LogP contribution in [0.25, 0.3) is 0 Å². The summed E-state index contributed by atoms with van der Waals surface area (Å²) in [6.07, 6.45) is -0.836. The van der Waals surface area contributed by atoms with E-state index in [2.05, 4.69) is 80.0 Å². The van der Waals surface area contributed by atoms with Gasteiger partial charge in [0.1, 0.15) is 23.3 Å². The molecule has 3 aromatic rings. The Hall–Kier alpha value is -3.06. The molecule has 3 aromatic carbocycles. The average Bonchev–Trinajstić information content (AvgIpc) is 3.14. The van der Waals surface area contributed by atoms with Crippen molar-refractivity contribution in [3.8, 4) is 11.5 Å². The van der Waals surface area contributed by atoms with Crippen molar-refractivity contribution in [1.29, 1.82) is 0 Å². The van der Waals surface area contributed by atoms with Gasteiger partial charge in [0, 0.05) is 72.9 Å². The summed E-state index contributed by atoms with van der Waals surface area (Å²) in [6, 6.07) is 20.9. The van der Waals surface area contributed by atoms with Gasteiger partial charge in [0.15, 0.2) is 0 Å². The van der Waals surface area contributed by atoms with Gasteiger partial charge in [-0.1, -0.05) is 36.4 Å². The van der Waals surface area contributed by atoms with Gasteiger partial charge in [0.2, 0.25) is 0 Å². The van der Waals surface area contributed by atoms with Crippen LogP contribution < -0.4 is 14.5 Å². The zero-order valence-corrected chi connectivity index (χ0v) is 21.7. The van der Waals surface area contributed by atoms with Crippen LogP contribution >= 0.6 is 0 Å². The molecule has 0 radical (unpaired) electrons. The average molecular weight is 488 g/mol. The summed E-state index contributed by atoms with van der Waals surface area (Å²) in [5.74, 6) is 1.57. The summed E-state index contributed by atoms with van der Waals surface area (Å²) in [5.41, 5.74) is 5.31. The number of anilines is 2. The van der Waals surface area contributed by atoms with E-state index in [4.69, 9.17) is 4.74 Å². The first kappa shape index (κ1) is 24.6. The van der Waals surface area contributed by atoms with Crippen LogP contribution in [0.4, 0.5) is 11.4 Å². The lowest BCUT2D eigenvalue weighted by Gasteiger charge is -2.45. The Labute approximate surface area is 214 Å². The maximum atomic E-state index is 11.5. The van der Waals surface area contributed by atoms with Gasteiger partial charge in [-0.2, -0.15) is 0 Å². The zero-order chi connectivity index (χ0) is 25.4. The van der Waals surface area contributed by atoms with Crippen molar-refractivity contribution in [2.24, 2.45) is 0 Å². The molecule has 0 aromatic heterocycles. The minimum absolute atomic E-state index is 0.0621. The Balaban J connectivity index is 1.82. The molecule has 36 heavy (non-hydrogen) atoms. The van der Waals surface area contributed by atoms with E-state index in [9.17, 15) is 10.2 Å². The third kappa shape index (κ3) is 3.51. The van der Waals surface area contributed by atoms with E-state index in [1.54, 1.807) is 0 Å². The highest BCUT2D eigenvalue weighted by atomic mass is 16.5. The van der Waals surface area contributed by atoms with E-state index >= 15 is 0 Å². The fourth-order valence-electron chi connectivity index (χ4n) is 6.18. The molecule has 2 heterocycles. The van der Waals surface area contributed by atoms with Crippen LogP contribution in [0.5, 0.6) is 11.5 Å². The van der Waals surface area contributed by atoms with Gasteiger partial charge in [-0.05, 0) is 45.4 Å². The Bertz CT molecular complexity index is 1170. The van der Waals surface area contributed by atoms with Gasteiger partial charge in [0.25, 0.3) is 0 Å². The SMILES string of the molecule is CCN(CC)c1ccc2c(c1)Oc1cc(N(CC)CC)ccc1C21c2ccccc2C(O)N1CCO. The van der Waals surface area contributed by atoms with Crippen molar-refractivity contribution >= 4 is 11.4 Å². The largest absolute Gasteiger partial charge is 0.456 e. The summed E-state index contributed by atoms with van der Waals surface area (Å²) in [4.78, 5) is 6.63. The molecule has 2 aliphatic heterocycles. The Morgan fingerprint density at radius 2 is 1.31 bits per heavy atom. The molecule has 190 valence electrons. The molecule has 5 rings (SSSR count). The summed E-state index contributed by atoms with van der Waals surface area (Å²) in [6.45, 7) is 12.5. The molecular weight excluding hydrogens is 450 g/mol. The summed E-state index contributed by atoms with van der Waals surface area (Å²) in [5, 5.41) is 21.6. The molecular formula is C30H37N3O3. The number of aliphatic hydroxyl groups is 2. The number of nitrogens with zero attached hydrogens (tertiary/aromatic N) is 3. The maximum Gasteiger partial charge on any atom is 0.135 e. The number of benzene rings is 3. The molecule has 1 unspecified atom stereocenters. The smallest absolute Gasteiger partial charge is 0.135 e. The van der Waals surface area contributed by atoms with Crippen molar-refractivity contribution in [3.63, 3.8) is 0 Å². The van der Waals surface area contributed by atoms with Crippen molar-refractivity contribution in [3.05, 3.63) is 82.9 Å². The minimum atomic E-state index is -0.836. The predicted molar refractivity (Wildman–Crippen MR) is 145 cm³/mol. The Morgan fingerprint density at radius 1 is 0.778 bits per heavy atom.